The molecule has 0 aliphatic heterocycles. The summed E-state index contributed by atoms with van der Waals surface area (Å²) in [6, 6.07) is 0. The van der Waals surface area contributed by atoms with Crippen LogP contribution in [0, 0.1) is 0 Å². The molecule has 0 amide bonds. The molecule has 1 aromatic carbocycles. The molecule has 0 fully saturated rings. The summed E-state index contributed by atoms with van der Waals surface area (Å²) < 4.78 is 0. The Morgan fingerprint density at radius 3 is 0.933 bits per heavy atom. The predicted octanol–water partition coefficient (Wildman–Crippen LogP) is 1.24. The monoisotopic (exact) mass is 300 g/mol. The molecule has 1 rings (SSSR count). The molecule has 0 bridgehead atoms. The number of phenols is 2. The maximum atomic E-state index is 9.08. The van der Waals surface area contributed by atoms with Crippen molar-refractivity contribution in [3.8, 4) is 11.5 Å². The molecule has 15 heavy (non-hydrogen) atoms. The van der Waals surface area contributed by atoms with Crippen LogP contribution in [0.4, 0.5) is 0 Å². The van der Waals surface area contributed by atoms with Crippen LogP contribution in [-0.4, -0.2) is 26.6 Å². The fraction of sp³-hybridized carbons (Fsp3) is 0. The Balaban J connectivity index is -0.000000480. The van der Waals surface area contributed by atoms with Gasteiger partial charge in [-0.15, -0.1) is 0 Å². The second-order valence-electron chi connectivity index (χ2n) is 1.95. The van der Waals surface area contributed by atoms with Crippen molar-refractivity contribution in [1.29, 1.82) is 0 Å². The molecular formula is C6H8Cl4O5. The van der Waals surface area contributed by atoms with Crippen LogP contribution in [0.15, 0.2) is 0 Å². The van der Waals surface area contributed by atoms with E-state index in [4.69, 9.17) is 56.6 Å². The van der Waals surface area contributed by atoms with E-state index in [0.717, 1.165) is 0 Å². The summed E-state index contributed by atoms with van der Waals surface area (Å²) in [5.74, 6) is -1.15. The van der Waals surface area contributed by atoms with Crippen LogP contribution in [0.25, 0.3) is 0 Å². The lowest BCUT2D eigenvalue weighted by atomic mass is 10.3. The zero-order valence-corrected chi connectivity index (χ0v) is 9.93. The lowest BCUT2D eigenvalue weighted by Gasteiger charge is -2.06. The van der Waals surface area contributed by atoms with Crippen LogP contribution in [0.1, 0.15) is 0 Å². The average molecular weight is 302 g/mol. The molecule has 0 atom stereocenters. The van der Waals surface area contributed by atoms with Gasteiger partial charge in [-0.3, -0.25) is 0 Å². The SMILES string of the molecule is O.O.O.Oc1c(O)c(Cl)c(Cl)c(Cl)c1Cl. The van der Waals surface area contributed by atoms with E-state index in [9.17, 15) is 0 Å². The molecule has 0 unspecified atom stereocenters. The molecule has 9 heteroatoms. The van der Waals surface area contributed by atoms with E-state index in [0.29, 0.717) is 0 Å². The lowest BCUT2D eigenvalue weighted by molar-refractivity contribution is 0.404. The van der Waals surface area contributed by atoms with Crippen molar-refractivity contribution in [1.82, 2.24) is 0 Å². The van der Waals surface area contributed by atoms with Gasteiger partial charge in [0.2, 0.25) is 0 Å². The highest BCUT2D eigenvalue weighted by atomic mass is 35.5. The fourth-order valence-electron chi connectivity index (χ4n) is 0.609. The summed E-state index contributed by atoms with van der Waals surface area (Å²) in [6.07, 6.45) is 0. The van der Waals surface area contributed by atoms with Gasteiger partial charge in [0.15, 0.2) is 11.5 Å². The first-order chi connectivity index (χ1) is 5.46. The highest BCUT2D eigenvalue weighted by Gasteiger charge is 2.18. The minimum Gasteiger partial charge on any atom is -0.503 e. The van der Waals surface area contributed by atoms with E-state index in [1.807, 2.05) is 0 Å². The topological polar surface area (TPSA) is 135 Å². The minimum absolute atomic E-state index is 0. The quantitative estimate of drug-likeness (QED) is 0.423. The number of hydrogen-bond donors (Lipinski definition) is 2. The zero-order valence-electron chi connectivity index (χ0n) is 6.91. The number of aromatic hydroxyl groups is 2. The van der Waals surface area contributed by atoms with Gasteiger partial charge < -0.3 is 26.6 Å². The van der Waals surface area contributed by atoms with E-state index < -0.39 is 11.5 Å². The Bertz CT molecular complexity index is 238. The summed E-state index contributed by atoms with van der Waals surface area (Å²) in [6.45, 7) is 0. The summed E-state index contributed by atoms with van der Waals surface area (Å²) in [5.41, 5.74) is 0. The Hall–Kier alpha value is -0.140. The van der Waals surface area contributed by atoms with Gasteiger partial charge >= 0.3 is 0 Å². The van der Waals surface area contributed by atoms with Crippen molar-refractivity contribution in [2.24, 2.45) is 0 Å². The van der Waals surface area contributed by atoms with E-state index in [-0.39, 0.29) is 36.5 Å². The Morgan fingerprint density at radius 1 is 0.533 bits per heavy atom. The standard InChI is InChI=1S/C6H2Cl4O2.3H2O/c7-1-2(8)4(10)6(12)5(11)3(1)9;;;/h11-12H;3*1H2. The fourth-order valence-corrected chi connectivity index (χ4v) is 1.44. The number of benzene rings is 1. The van der Waals surface area contributed by atoms with E-state index in [2.05, 4.69) is 0 Å². The third-order valence-corrected chi connectivity index (χ3v) is 3.00. The largest absolute Gasteiger partial charge is 0.503 e. The molecule has 0 saturated carbocycles. The number of rotatable bonds is 0. The molecule has 0 saturated heterocycles. The third-order valence-electron chi connectivity index (χ3n) is 1.22. The van der Waals surface area contributed by atoms with Gasteiger partial charge in [0.1, 0.15) is 10.0 Å². The number of phenolic OH excluding ortho intramolecular Hbond substituents is 2. The van der Waals surface area contributed by atoms with E-state index in [1.165, 1.54) is 0 Å². The Labute approximate surface area is 105 Å². The third kappa shape index (κ3) is 3.42. The highest BCUT2D eigenvalue weighted by Crippen LogP contribution is 2.48. The molecule has 0 aliphatic carbocycles. The van der Waals surface area contributed by atoms with Crippen molar-refractivity contribution >= 4 is 46.4 Å². The van der Waals surface area contributed by atoms with Crippen LogP contribution in [0.3, 0.4) is 0 Å². The molecule has 5 nitrogen and oxygen atoms in total. The molecular weight excluding hydrogens is 294 g/mol. The molecule has 0 radical (unpaired) electrons. The molecule has 0 aromatic heterocycles. The van der Waals surface area contributed by atoms with Crippen LogP contribution >= 0.6 is 46.4 Å². The summed E-state index contributed by atoms with van der Waals surface area (Å²) in [5, 5.41) is 17.6. The number of hydrogen-bond acceptors (Lipinski definition) is 2. The predicted molar refractivity (Wildman–Crippen MR) is 60.7 cm³/mol. The van der Waals surface area contributed by atoms with Gasteiger partial charge in [-0.05, 0) is 0 Å². The Morgan fingerprint density at radius 2 is 0.733 bits per heavy atom. The van der Waals surface area contributed by atoms with Gasteiger partial charge in [0, 0.05) is 0 Å². The lowest BCUT2D eigenvalue weighted by Crippen LogP contribution is -1.78. The van der Waals surface area contributed by atoms with Gasteiger partial charge in [-0.2, -0.15) is 0 Å². The Kier molecular flexibility index (Phi) is 9.72. The highest BCUT2D eigenvalue weighted by molar-refractivity contribution is 6.52. The van der Waals surface area contributed by atoms with E-state index >= 15 is 0 Å². The zero-order chi connectivity index (χ0) is 9.46. The molecule has 0 aliphatic rings. The molecule has 1 aromatic rings. The molecule has 0 spiro atoms. The summed E-state index contributed by atoms with van der Waals surface area (Å²) >= 11 is 22.0. The first-order valence-corrected chi connectivity index (χ1v) is 4.22. The summed E-state index contributed by atoms with van der Waals surface area (Å²) in [7, 11) is 0. The average Bonchev–Trinajstić information content (AvgIpc) is 2.08. The van der Waals surface area contributed by atoms with Gasteiger partial charge in [0.05, 0.1) is 10.0 Å². The second kappa shape index (κ2) is 7.19. The van der Waals surface area contributed by atoms with Crippen molar-refractivity contribution in [3.05, 3.63) is 20.1 Å². The van der Waals surface area contributed by atoms with Gasteiger partial charge in [-0.25, -0.2) is 0 Å². The van der Waals surface area contributed by atoms with Crippen LogP contribution in [0.5, 0.6) is 11.5 Å². The van der Waals surface area contributed by atoms with Crippen LogP contribution in [-0.2, 0) is 0 Å². The summed E-state index contributed by atoms with van der Waals surface area (Å²) in [4.78, 5) is 0. The second-order valence-corrected chi connectivity index (χ2v) is 3.47. The maximum absolute atomic E-state index is 9.08. The maximum Gasteiger partial charge on any atom is 0.179 e. The molecule has 8 N–H and O–H groups in total. The number of halogens is 4. The van der Waals surface area contributed by atoms with Crippen LogP contribution < -0.4 is 0 Å². The molecule has 90 valence electrons. The van der Waals surface area contributed by atoms with Gasteiger partial charge in [-0.1, -0.05) is 46.4 Å². The first kappa shape index (κ1) is 20.3. The van der Waals surface area contributed by atoms with E-state index in [1.54, 1.807) is 0 Å². The van der Waals surface area contributed by atoms with Crippen molar-refractivity contribution in [2.45, 2.75) is 0 Å². The van der Waals surface area contributed by atoms with Gasteiger partial charge in [0.25, 0.3) is 0 Å². The minimum atomic E-state index is -0.573. The normalized spacial score (nSPS) is 8.27. The van der Waals surface area contributed by atoms with Crippen molar-refractivity contribution < 1.29 is 26.6 Å². The molecule has 0 heterocycles. The first-order valence-electron chi connectivity index (χ1n) is 2.70. The van der Waals surface area contributed by atoms with Crippen molar-refractivity contribution in [3.63, 3.8) is 0 Å². The van der Waals surface area contributed by atoms with Crippen molar-refractivity contribution in [2.75, 3.05) is 0 Å². The van der Waals surface area contributed by atoms with Crippen LogP contribution in [0.2, 0.25) is 20.1 Å². The smallest absolute Gasteiger partial charge is 0.179 e.